The van der Waals surface area contributed by atoms with Crippen LogP contribution in [0.1, 0.15) is 38.5 Å². The zero-order valence-corrected chi connectivity index (χ0v) is 11.1. The van der Waals surface area contributed by atoms with Crippen LogP contribution in [-0.2, 0) is 4.79 Å². The summed E-state index contributed by atoms with van der Waals surface area (Å²) in [6.07, 6.45) is 6.55. The van der Waals surface area contributed by atoms with Crippen molar-refractivity contribution in [2.24, 2.45) is 11.3 Å². The van der Waals surface area contributed by atoms with Crippen LogP contribution >= 0.6 is 11.6 Å². The normalized spacial score (nSPS) is 27.6. The Balaban J connectivity index is 2.04. The lowest BCUT2D eigenvalue weighted by Crippen LogP contribution is -2.35. The van der Waals surface area contributed by atoms with Crippen molar-refractivity contribution in [3.8, 4) is 0 Å². The largest absolute Gasteiger partial charge is 0.396 e. The fraction of sp³-hybridized carbons (Fsp3) is 0.923. The summed E-state index contributed by atoms with van der Waals surface area (Å²) >= 11 is 5.63. The molecule has 1 saturated heterocycles. The van der Waals surface area contributed by atoms with Crippen LogP contribution in [0.25, 0.3) is 0 Å². The van der Waals surface area contributed by atoms with Gasteiger partial charge in [-0.25, -0.2) is 0 Å². The van der Waals surface area contributed by atoms with Gasteiger partial charge in [-0.3, -0.25) is 4.79 Å². The third-order valence-corrected chi connectivity index (χ3v) is 4.73. The van der Waals surface area contributed by atoms with E-state index < -0.39 is 0 Å². The molecule has 1 spiro atoms. The van der Waals surface area contributed by atoms with Gasteiger partial charge in [0.15, 0.2) is 0 Å². The van der Waals surface area contributed by atoms with E-state index in [1.165, 1.54) is 32.1 Å². The third-order valence-electron chi connectivity index (χ3n) is 4.54. The second-order valence-corrected chi connectivity index (χ2v) is 5.89. The summed E-state index contributed by atoms with van der Waals surface area (Å²) in [5.41, 5.74) is 0.203. The highest BCUT2D eigenvalue weighted by molar-refractivity contribution is 6.18. The summed E-state index contributed by atoms with van der Waals surface area (Å²) in [6.45, 7) is 1.78. The van der Waals surface area contributed by atoms with Gasteiger partial charge in [0.1, 0.15) is 0 Å². The lowest BCUT2D eigenvalue weighted by molar-refractivity contribution is -0.130. The Kier molecular flexibility index (Phi) is 4.31. The summed E-state index contributed by atoms with van der Waals surface area (Å²) in [6, 6.07) is 0. The molecule has 1 saturated carbocycles. The number of hydrogen-bond acceptors (Lipinski definition) is 2. The molecule has 2 aliphatic rings. The Hall–Kier alpha value is -0.280. The van der Waals surface area contributed by atoms with Crippen molar-refractivity contribution in [1.29, 1.82) is 0 Å². The number of hydrogen-bond donors (Lipinski definition) is 1. The van der Waals surface area contributed by atoms with E-state index in [0.29, 0.717) is 12.3 Å². The fourth-order valence-corrected chi connectivity index (χ4v) is 3.70. The van der Waals surface area contributed by atoms with Crippen molar-refractivity contribution in [2.75, 3.05) is 25.6 Å². The van der Waals surface area contributed by atoms with Crippen molar-refractivity contribution in [3.05, 3.63) is 0 Å². The first kappa shape index (κ1) is 13.2. The molecule has 17 heavy (non-hydrogen) atoms. The van der Waals surface area contributed by atoms with Gasteiger partial charge >= 0.3 is 0 Å². The van der Waals surface area contributed by atoms with E-state index in [1.54, 1.807) is 0 Å². The summed E-state index contributed by atoms with van der Waals surface area (Å²) in [5.74, 6) is 0.828. The van der Waals surface area contributed by atoms with Gasteiger partial charge in [0.05, 0.1) is 0 Å². The lowest BCUT2D eigenvalue weighted by Gasteiger charge is -2.37. The van der Waals surface area contributed by atoms with Gasteiger partial charge in [-0.15, -0.1) is 11.6 Å². The van der Waals surface area contributed by atoms with Crippen molar-refractivity contribution < 1.29 is 9.90 Å². The second-order valence-electron chi connectivity index (χ2n) is 5.52. The van der Waals surface area contributed by atoms with Gasteiger partial charge in [0.25, 0.3) is 0 Å². The number of aliphatic hydroxyl groups is 1. The smallest absolute Gasteiger partial charge is 0.223 e. The molecule has 0 aromatic rings. The topological polar surface area (TPSA) is 40.5 Å². The number of rotatable bonds is 3. The molecule has 3 nitrogen and oxygen atoms in total. The first-order chi connectivity index (χ1) is 8.22. The molecule has 1 aliphatic carbocycles. The predicted octanol–water partition coefficient (Wildman–Crippen LogP) is 2.02. The highest BCUT2D eigenvalue weighted by Gasteiger charge is 2.47. The molecule has 1 aliphatic heterocycles. The fourth-order valence-electron chi connectivity index (χ4n) is 3.54. The Morgan fingerprint density at radius 1 is 1.35 bits per heavy atom. The van der Waals surface area contributed by atoms with Crippen LogP contribution in [-0.4, -0.2) is 41.5 Å². The van der Waals surface area contributed by atoms with Gasteiger partial charge < -0.3 is 10.0 Å². The number of amides is 1. The Morgan fingerprint density at radius 2 is 2.06 bits per heavy atom. The zero-order chi connectivity index (χ0) is 12.3. The number of likely N-dealkylation sites (tertiary alicyclic amines) is 1. The molecular formula is C13H22ClNO2. The monoisotopic (exact) mass is 259 g/mol. The number of aliphatic hydroxyl groups excluding tert-OH is 1. The van der Waals surface area contributed by atoms with Gasteiger partial charge in [-0.1, -0.05) is 19.3 Å². The Labute approximate surface area is 108 Å². The van der Waals surface area contributed by atoms with Crippen LogP contribution < -0.4 is 0 Å². The van der Waals surface area contributed by atoms with Crippen LogP contribution in [0.15, 0.2) is 0 Å². The molecule has 1 unspecified atom stereocenters. The number of carbonyl (C=O) groups is 1. The Morgan fingerprint density at radius 3 is 2.65 bits per heavy atom. The molecule has 1 amide bonds. The molecule has 0 aromatic heterocycles. The minimum atomic E-state index is 0.154. The van der Waals surface area contributed by atoms with Gasteiger partial charge in [-0.05, 0) is 18.3 Å². The molecule has 4 heteroatoms. The van der Waals surface area contributed by atoms with Crippen molar-refractivity contribution >= 4 is 17.5 Å². The zero-order valence-electron chi connectivity index (χ0n) is 10.3. The maximum atomic E-state index is 11.9. The highest BCUT2D eigenvalue weighted by atomic mass is 35.5. The van der Waals surface area contributed by atoms with Crippen molar-refractivity contribution in [1.82, 2.24) is 4.90 Å². The van der Waals surface area contributed by atoms with Crippen LogP contribution in [0.5, 0.6) is 0 Å². The lowest BCUT2D eigenvalue weighted by atomic mass is 9.68. The maximum absolute atomic E-state index is 11.9. The van der Waals surface area contributed by atoms with Crippen LogP contribution in [0.3, 0.4) is 0 Å². The van der Waals surface area contributed by atoms with Gasteiger partial charge in [-0.2, -0.15) is 0 Å². The minimum Gasteiger partial charge on any atom is -0.396 e. The number of alkyl halides is 1. The predicted molar refractivity (Wildman–Crippen MR) is 68.0 cm³/mol. The molecule has 0 aromatic carbocycles. The molecule has 0 bridgehead atoms. The van der Waals surface area contributed by atoms with Crippen LogP contribution in [0.2, 0.25) is 0 Å². The first-order valence-electron chi connectivity index (χ1n) is 6.66. The molecule has 0 radical (unpaired) electrons. The first-order valence-corrected chi connectivity index (χ1v) is 7.20. The molecular weight excluding hydrogens is 238 g/mol. The molecule has 2 fully saturated rings. The molecule has 2 rings (SSSR count). The van der Waals surface area contributed by atoms with E-state index in [2.05, 4.69) is 0 Å². The number of halogens is 1. The van der Waals surface area contributed by atoms with E-state index in [4.69, 9.17) is 11.6 Å². The Bertz CT molecular complexity index is 277. The highest BCUT2D eigenvalue weighted by Crippen LogP contribution is 2.47. The number of nitrogens with zero attached hydrogens (tertiary/aromatic N) is 1. The average molecular weight is 260 g/mol. The molecule has 1 N–H and O–H groups in total. The molecule has 1 heterocycles. The van der Waals surface area contributed by atoms with Crippen LogP contribution in [0.4, 0.5) is 0 Å². The second kappa shape index (κ2) is 5.57. The van der Waals surface area contributed by atoms with Gasteiger partial charge in [0.2, 0.25) is 5.91 Å². The number of carbonyl (C=O) groups excluding carboxylic acids is 1. The average Bonchev–Trinajstić information content (AvgIpc) is 2.69. The standard InChI is InChI=1S/C13H22ClNO2/c14-7-4-12(17)15-8-11(9-16)13(10-15)5-2-1-3-6-13/h11,16H,1-10H2. The maximum Gasteiger partial charge on any atom is 0.223 e. The van der Waals surface area contributed by atoms with E-state index in [0.717, 1.165) is 13.1 Å². The summed E-state index contributed by atoms with van der Waals surface area (Å²) in [5, 5.41) is 9.55. The van der Waals surface area contributed by atoms with Crippen LogP contribution in [0, 0.1) is 11.3 Å². The van der Waals surface area contributed by atoms with E-state index >= 15 is 0 Å². The van der Waals surface area contributed by atoms with Gasteiger partial charge in [0, 0.05) is 37.9 Å². The SMILES string of the molecule is O=C(CCCl)N1CC(CO)C2(CCCCC2)C1. The quantitative estimate of drug-likeness (QED) is 0.788. The third kappa shape index (κ3) is 2.60. The van der Waals surface area contributed by atoms with Crippen molar-refractivity contribution in [2.45, 2.75) is 38.5 Å². The summed E-state index contributed by atoms with van der Waals surface area (Å²) in [7, 11) is 0. The summed E-state index contributed by atoms with van der Waals surface area (Å²) < 4.78 is 0. The van der Waals surface area contributed by atoms with E-state index in [-0.39, 0.29) is 23.8 Å². The summed E-state index contributed by atoms with van der Waals surface area (Å²) in [4.78, 5) is 13.8. The van der Waals surface area contributed by atoms with E-state index in [9.17, 15) is 9.90 Å². The molecule has 98 valence electrons. The molecule has 1 atom stereocenters. The minimum absolute atomic E-state index is 0.154. The van der Waals surface area contributed by atoms with E-state index in [1.807, 2.05) is 4.90 Å². The van der Waals surface area contributed by atoms with Crippen molar-refractivity contribution in [3.63, 3.8) is 0 Å².